The van der Waals surface area contributed by atoms with Crippen molar-refractivity contribution in [1.82, 2.24) is 0 Å². The first-order chi connectivity index (χ1) is 8.83. The molecule has 1 aromatic rings. The van der Waals surface area contributed by atoms with Gasteiger partial charge < -0.3 is 4.74 Å². The van der Waals surface area contributed by atoms with Gasteiger partial charge in [-0.15, -0.1) is 11.6 Å². The average molecular weight is 316 g/mol. The third-order valence-electron chi connectivity index (χ3n) is 2.01. The van der Waals surface area contributed by atoms with E-state index in [1.54, 1.807) is 0 Å². The Kier molecular flexibility index (Phi) is 5.74. The van der Waals surface area contributed by atoms with Crippen LogP contribution in [0.4, 0.5) is 18.9 Å². The van der Waals surface area contributed by atoms with Crippen molar-refractivity contribution in [1.29, 1.82) is 0 Å². The summed E-state index contributed by atoms with van der Waals surface area (Å²) in [6.45, 7) is -0.161. The lowest BCUT2D eigenvalue weighted by molar-refractivity contribution is -0.384. The molecule has 0 N–H and O–H groups in total. The largest absolute Gasteiger partial charge is 0.492 e. The number of hydrogen-bond donors (Lipinski definition) is 0. The molecule has 0 amide bonds. The molecule has 9 heteroatoms. The van der Waals surface area contributed by atoms with E-state index in [9.17, 15) is 23.3 Å². The third-order valence-corrected chi connectivity index (χ3v) is 2.99. The zero-order valence-corrected chi connectivity index (χ0v) is 11.0. The van der Waals surface area contributed by atoms with Crippen molar-refractivity contribution in [2.24, 2.45) is 0 Å². The molecule has 4 nitrogen and oxygen atoms in total. The molecule has 0 fully saturated rings. The van der Waals surface area contributed by atoms with Crippen LogP contribution < -0.4 is 4.74 Å². The quantitative estimate of drug-likeness (QED) is 0.345. The molecular weight excluding hydrogens is 307 g/mol. The second-order valence-corrected chi connectivity index (χ2v) is 4.75. The van der Waals surface area contributed by atoms with Crippen LogP contribution in [0.5, 0.6) is 5.75 Å². The van der Waals surface area contributed by atoms with Gasteiger partial charge in [0.2, 0.25) is 0 Å². The van der Waals surface area contributed by atoms with Gasteiger partial charge in [-0.2, -0.15) is 13.2 Å². The summed E-state index contributed by atoms with van der Waals surface area (Å²) in [4.78, 5) is 9.96. The minimum absolute atomic E-state index is 0.0244. The second-order valence-electron chi connectivity index (χ2n) is 3.33. The van der Waals surface area contributed by atoms with Gasteiger partial charge in [0.1, 0.15) is 5.75 Å². The first kappa shape index (κ1) is 15.9. The van der Waals surface area contributed by atoms with Gasteiger partial charge in [-0.25, -0.2) is 0 Å². The Hall–Kier alpha value is -1.15. The van der Waals surface area contributed by atoms with Crippen molar-refractivity contribution in [2.75, 3.05) is 12.4 Å². The average Bonchev–Trinajstić information content (AvgIpc) is 2.33. The number of non-ortho nitro benzene ring substituents is 1. The number of halogens is 4. The van der Waals surface area contributed by atoms with Crippen molar-refractivity contribution < 1.29 is 22.8 Å². The van der Waals surface area contributed by atoms with Gasteiger partial charge in [0, 0.05) is 23.4 Å². The van der Waals surface area contributed by atoms with Crippen molar-refractivity contribution in [3.63, 3.8) is 0 Å². The fraction of sp³-hybridized carbons (Fsp3) is 0.400. The molecule has 1 aromatic carbocycles. The molecule has 1 rings (SSSR count). The summed E-state index contributed by atoms with van der Waals surface area (Å²) >= 11 is 5.41. The van der Waals surface area contributed by atoms with Crippen LogP contribution in [-0.2, 0) is 5.88 Å². The first-order valence-electron chi connectivity index (χ1n) is 5.00. The minimum Gasteiger partial charge on any atom is -0.492 e. The molecule has 0 aromatic heterocycles. The number of ether oxygens (including phenoxy) is 1. The predicted molar refractivity (Wildman–Crippen MR) is 66.7 cm³/mol. The zero-order chi connectivity index (χ0) is 14.5. The number of nitro groups is 1. The Morgan fingerprint density at radius 3 is 2.63 bits per heavy atom. The Bertz CT molecular complexity index is 456. The zero-order valence-electron chi connectivity index (χ0n) is 9.45. The number of thioether (sulfide) groups is 1. The van der Waals surface area contributed by atoms with Gasteiger partial charge in [0.15, 0.2) is 0 Å². The fourth-order valence-electron chi connectivity index (χ4n) is 1.23. The molecule has 0 spiro atoms. The third kappa shape index (κ3) is 5.56. The summed E-state index contributed by atoms with van der Waals surface area (Å²) in [5, 5.41) is 10.5. The van der Waals surface area contributed by atoms with Crippen LogP contribution >= 0.6 is 23.4 Å². The van der Waals surface area contributed by atoms with E-state index in [2.05, 4.69) is 0 Å². The number of rotatable bonds is 6. The molecule has 0 aliphatic carbocycles. The lowest BCUT2D eigenvalue weighted by Gasteiger charge is -2.10. The summed E-state index contributed by atoms with van der Waals surface area (Å²) < 4.78 is 40.8. The number of nitro benzene ring substituents is 1. The summed E-state index contributed by atoms with van der Waals surface area (Å²) in [6.07, 6.45) is 0. The number of hydrogen-bond acceptors (Lipinski definition) is 4. The Balaban J connectivity index is 2.61. The lowest BCUT2D eigenvalue weighted by atomic mass is 10.2. The van der Waals surface area contributed by atoms with Crippen molar-refractivity contribution >= 4 is 29.1 Å². The van der Waals surface area contributed by atoms with E-state index in [1.807, 2.05) is 0 Å². The van der Waals surface area contributed by atoms with Gasteiger partial charge in [0.05, 0.1) is 17.4 Å². The van der Waals surface area contributed by atoms with Crippen LogP contribution in [0.25, 0.3) is 0 Å². The van der Waals surface area contributed by atoms with E-state index in [4.69, 9.17) is 16.3 Å². The van der Waals surface area contributed by atoms with Crippen molar-refractivity contribution in [2.45, 2.75) is 11.4 Å². The Morgan fingerprint density at radius 1 is 1.42 bits per heavy atom. The molecule has 0 heterocycles. The number of benzene rings is 1. The topological polar surface area (TPSA) is 52.4 Å². The molecular formula is C10H9ClF3NO3S. The molecule has 0 atom stereocenters. The maximum absolute atomic E-state index is 11.9. The van der Waals surface area contributed by atoms with Crippen LogP contribution in [-0.4, -0.2) is 22.8 Å². The fourth-order valence-corrected chi connectivity index (χ4v) is 1.84. The highest BCUT2D eigenvalue weighted by Gasteiger charge is 2.27. The van der Waals surface area contributed by atoms with E-state index in [1.165, 1.54) is 18.2 Å². The maximum atomic E-state index is 11.9. The smallest absolute Gasteiger partial charge is 0.441 e. The first-order valence-corrected chi connectivity index (χ1v) is 6.52. The van der Waals surface area contributed by atoms with E-state index in [0.29, 0.717) is 5.56 Å². The Morgan fingerprint density at radius 2 is 2.11 bits per heavy atom. The standard InChI is InChI=1S/C10H9ClF3NO3S/c11-6-7-5-8(15(16)17)1-2-9(7)18-3-4-19-10(12,13)14/h1-2,5H,3-4,6H2. The van der Waals surface area contributed by atoms with E-state index < -0.39 is 10.4 Å². The summed E-state index contributed by atoms with van der Waals surface area (Å²) in [5.74, 6) is -0.0329. The summed E-state index contributed by atoms with van der Waals surface area (Å²) in [5.41, 5.74) is -4.07. The van der Waals surface area contributed by atoms with Gasteiger partial charge >= 0.3 is 5.51 Å². The molecule has 0 saturated carbocycles. The van der Waals surface area contributed by atoms with Crippen molar-refractivity contribution in [3.05, 3.63) is 33.9 Å². The van der Waals surface area contributed by atoms with Crippen LogP contribution in [0.2, 0.25) is 0 Å². The van der Waals surface area contributed by atoms with Gasteiger partial charge in [0.25, 0.3) is 5.69 Å². The maximum Gasteiger partial charge on any atom is 0.441 e. The highest BCUT2D eigenvalue weighted by molar-refractivity contribution is 8.00. The summed E-state index contributed by atoms with van der Waals surface area (Å²) in [7, 11) is 0. The van der Waals surface area contributed by atoms with Crippen LogP contribution in [0.1, 0.15) is 5.56 Å². The number of alkyl halides is 4. The molecule has 0 aliphatic heterocycles. The van der Waals surface area contributed by atoms with Crippen LogP contribution in [0.15, 0.2) is 18.2 Å². The highest BCUT2D eigenvalue weighted by Crippen LogP contribution is 2.30. The van der Waals surface area contributed by atoms with Crippen LogP contribution in [0.3, 0.4) is 0 Å². The SMILES string of the molecule is O=[N+]([O-])c1ccc(OCCSC(F)(F)F)c(CCl)c1. The molecule has 0 unspecified atom stereocenters. The van der Waals surface area contributed by atoms with E-state index >= 15 is 0 Å². The molecule has 0 aliphatic rings. The molecule has 0 saturated heterocycles. The molecule has 106 valence electrons. The monoisotopic (exact) mass is 315 g/mol. The second kappa shape index (κ2) is 6.85. The van der Waals surface area contributed by atoms with Gasteiger partial charge in [-0.05, 0) is 17.8 Å². The lowest BCUT2D eigenvalue weighted by Crippen LogP contribution is -2.08. The van der Waals surface area contributed by atoms with Crippen molar-refractivity contribution in [3.8, 4) is 5.75 Å². The Labute approximate surface area is 116 Å². The highest BCUT2D eigenvalue weighted by atomic mass is 35.5. The van der Waals surface area contributed by atoms with E-state index in [-0.39, 0.29) is 41.4 Å². The van der Waals surface area contributed by atoms with Gasteiger partial charge in [-0.1, -0.05) is 0 Å². The van der Waals surface area contributed by atoms with Crippen LogP contribution in [0, 0.1) is 10.1 Å². The molecule has 19 heavy (non-hydrogen) atoms. The minimum atomic E-state index is -4.30. The van der Waals surface area contributed by atoms with E-state index in [0.717, 1.165) is 0 Å². The molecule has 0 radical (unpaired) electrons. The molecule has 0 bridgehead atoms. The number of nitrogens with zero attached hydrogens (tertiary/aromatic N) is 1. The normalized spacial score (nSPS) is 11.4. The van der Waals surface area contributed by atoms with Gasteiger partial charge in [-0.3, -0.25) is 10.1 Å². The summed E-state index contributed by atoms with van der Waals surface area (Å²) in [6, 6.07) is 3.77. The predicted octanol–water partition coefficient (Wildman–Crippen LogP) is 3.97.